The van der Waals surface area contributed by atoms with Gasteiger partial charge >= 0.3 is 6.03 Å². The predicted molar refractivity (Wildman–Crippen MR) is 124 cm³/mol. The average Bonchev–Trinajstić information content (AvgIpc) is 2.84. The predicted octanol–water partition coefficient (Wildman–Crippen LogP) is 2.38. The Morgan fingerprint density at radius 1 is 0.969 bits per heavy atom. The first kappa shape index (κ1) is 24.5. The summed E-state index contributed by atoms with van der Waals surface area (Å²) in [6.07, 6.45) is 2.85. The first-order valence-corrected chi connectivity index (χ1v) is 13.2. The van der Waals surface area contributed by atoms with Gasteiger partial charge in [0.1, 0.15) is 0 Å². The van der Waals surface area contributed by atoms with E-state index in [-0.39, 0.29) is 23.8 Å². The van der Waals surface area contributed by atoms with Crippen molar-refractivity contribution in [3.8, 4) is 0 Å². The number of piperidine rings is 2. The van der Waals surface area contributed by atoms with Crippen molar-refractivity contribution in [1.82, 2.24) is 19.4 Å². The summed E-state index contributed by atoms with van der Waals surface area (Å²) in [5, 5.41) is 3.08. The molecule has 3 rings (SSSR count). The van der Waals surface area contributed by atoms with Crippen LogP contribution in [0.4, 0.5) is 4.79 Å². The first-order valence-electron chi connectivity index (χ1n) is 11.7. The molecule has 3 amide bonds. The van der Waals surface area contributed by atoms with Crippen molar-refractivity contribution in [2.24, 2.45) is 11.8 Å². The maximum Gasteiger partial charge on any atom is 0.319 e. The van der Waals surface area contributed by atoms with Crippen molar-refractivity contribution < 1.29 is 18.0 Å². The molecule has 1 aromatic carbocycles. The largest absolute Gasteiger partial charge is 0.356 e. The van der Waals surface area contributed by atoms with Crippen LogP contribution < -0.4 is 5.32 Å². The normalized spacial score (nSPS) is 19.0. The molecule has 0 radical (unpaired) electrons. The van der Waals surface area contributed by atoms with E-state index in [9.17, 15) is 18.0 Å². The molecular formula is C23H36N4O4S. The van der Waals surface area contributed by atoms with Gasteiger partial charge < -0.3 is 15.1 Å². The molecule has 2 fully saturated rings. The van der Waals surface area contributed by atoms with Gasteiger partial charge in [-0.25, -0.2) is 13.2 Å². The van der Waals surface area contributed by atoms with E-state index in [1.165, 1.54) is 0 Å². The summed E-state index contributed by atoms with van der Waals surface area (Å²) in [5.41, 5.74) is 0. The highest BCUT2D eigenvalue weighted by Gasteiger charge is 2.31. The Bertz CT molecular complexity index is 857. The molecule has 0 aliphatic carbocycles. The molecule has 0 bridgehead atoms. The molecule has 2 aliphatic heterocycles. The lowest BCUT2D eigenvalue weighted by molar-refractivity contribution is -0.126. The van der Waals surface area contributed by atoms with Crippen molar-refractivity contribution in [1.29, 1.82) is 0 Å². The van der Waals surface area contributed by atoms with Crippen LogP contribution in [-0.4, -0.2) is 80.3 Å². The minimum absolute atomic E-state index is 0.0549. The highest BCUT2D eigenvalue weighted by molar-refractivity contribution is 7.89. The molecule has 1 N–H and O–H groups in total. The second kappa shape index (κ2) is 11.1. The highest BCUT2D eigenvalue weighted by atomic mass is 32.2. The Balaban J connectivity index is 1.40. The number of amides is 3. The first-order chi connectivity index (χ1) is 15.4. The van der Waals surface area contributed by atoms with Gasteiger partial charge in [-0.15, -0.1) is 0 Å². The van der Waals surface area contributed by atoms with Crippen LogP contribution in [0.2, 0.25) is 0 Å². The average molecular weight is 465 g/mol. The van der Waals surface area contributed by atoms with Crippen LogP contribution in [-0.2, 0) is 14.8 Å². The number of hydrogen-bond donors (Lipinski definition) is 1. The number of nitrogens with one attached hydrogen (secondary N) is 1. The lowest BCUT2D eigenvalue weighted by atomic mass is 9.94. The number of urea groups is 1. The van der Waals surface area contributed by atoms with Gasteiger partial charge in [0, 0.05) is 51.7 Å². The zero-order valence-corrected chi connectivity index (χ0v) is 20.0. The smallest absolute Gasteiger partial charge is 0.319 e. The van der Waals surface area contributed by atoms with Gasteiger partial charge in [0.25, 0.3) is 0 Å². The topological polar surface area (TPSA) is 90.0 Å². The molecule has 0 unspecified atom stereocenters. The summed E-state index contributed by atoms with van der Waals surface area (Å²) in [6, 6.07) is 8.59. The number of hydrogen-bond acceptors (Lipinski definition) is 4. The Labute approximate surface area is 192 Å². The number of likely N-dealkylation sites (tertiary alicyclic amines) is 1. The molecular weight excluding hydrogens is 428 g/mol. The molecule has 0 spiro atoms. The van der Waals surface area contributed by atoms with Gasteiger partial charge in [-0.2, -0.15) is 4.31 Å². The molecule has 2 saturated heterocycles. The fraction of sp³-hybridized carbons (Fsp3) is 0.652. The van der Waals surface area contributed by atoms with Crippen LogP contribution in [0.25, 0.3) is 0 Å². The minimum atomic E-state index is -3.45. The third-order valence-corrected chi connectivity index (χ3v) is 8.60. The summed E-state index contributed by atoms with van der Waals surface area (Å²) < 4.78 is 27.0. The van der Waals surface area contributed by atoms with Crippen LogP contribution in [0.1, 0.15) is 39.5 Å². The molecule has 0 saturated carbocycles. The zero-order valence-electron chi connectivity index (χ0n) is 19.2. The second-order valence-electron chi connectivity index (χ2n) is 8.62. The third kappa shape index (κ3) is 5.81. The van der Waals surface area contributed by atoms with Crippen molar-refractivity contribution in [3.05, 3.63) is 30.3 Å². The quantitative estimate of drug-likeness (QED) is 0.671. The fourth-order valence-corrected chi connectivity index (χ4v) is 6.00. The molecule has 9 heteroatoms. The van der Waals surface area contributed by atoms with Gasteiger partial charge in [0.05, 0.1) is 4.90 Å². The Morgan fingerprint density at radius 3 is 2.12 bits per heavy atom. The van der Waals surface area contributed by atoms with Crippen molar-refractivity contribution in [2.75, 3.05) is 45.8 Å². The van der Waals surface area contributed by atoms with Crippen LogP contribution in [0.15, 0.2) is 35.2 Å². The molecule has 8 nitrogen and oxygen atoms in total. The number of carbonyl (C=O) groups is 2. The lowest BCUT2D eigenvalue weighted by Crippen LogP contribution is -2.49. The van der Waals surface area contributed by atoms with Crippen LogP contribution in [0.3, 0.4) is 0 Å². The Hall–Kier alpha value is -2.13. The highest BCUT2D eigenvalue weighted by Crippen LogP contribution is 2.24. The van der Waals surface area contributed by atoms with E-state index in [1.54, 1.807) is 34.6 Å². The summed E-state index contributed by atoms with van der Waals surface area (Å²) in [7, 11) is -3.45. The number of rotatable bonds is 7. The molecule has 2 aliphatic rings. The fourth-order valence-electron chi connectivity index (χ4n) is 4.51. The van der Waals surface area contributed by atoms with E-state index in [2.05, 4.69) is 5.32 Å². The molecule has 1 aromatic rings. The van der Waals surface area contributed by atoms with E-state index in [1.807, 2.05) is 23.6 Å². The van der Waals surface area contributed by atoms with Crippen LogP contribution in [0.5, 0.6) is 0 Å². The molecule has 0 atom stereocenters. The number of benzene rings is 1. The van der Waals surface area contributed by atoms with E-state index >= 15 is 0 Å². The maximum absolute atomic E-state index is 12.7. The van der Waals surface area contributed by atoms with Gasteiger partial charge in [-0.1, -0.05) is 18.2 Å². The number of sulfonamides is 1. The third-order valence-electron chi connectivity index (χ3n) is 6.69. The van der Waals surface area contributed by atoms with E-state index in [4.69, 9.17) is 0 Å². The van der Waals surface area contributed by atoms with Crippen molar-refractivity contribution in [3.63, 3.8) is 0 Å². The van der Waals surface area contributed by atoms with Crippen LogP contribution >= 0.6 is 0 Å². The summed E-state index contributed by atoms with van der Waals surface area (Å²) in [6.45, 7) is 8.10. The van der Waals surface area contributed by atoms with Gasteiger partial charge in [0.2, 0.25) is 15.9 Å². The molecule has 0 aromatic heterocycles. The van der Waals surface area contributed by atoms with Gasteiger partial charge in [-0.3, -0.25) is 4.79 Å². The maximum atomic E-state index is 12.7. The molecule has 32 heavy (non-hydrogen) atoms. The minimum Gasteiger partial charge on any atom is -0.356 e. The molecule has 178 valence electrons. The second-order valence-corrected chi connectivity index (χ2v) is 10.6. The summed E-state index contributed by atoms with van der Waals surface area (Å²) in [5.74, 6) is 0.277. The van der Waals surface area contributed by atoms with Gasteiger partial charge in [-0.05, 0) is 57.6 Å². The summed E-state index contributed by atoms with van der Waals surface area (Å²) in [4.78, 5) is 29.1. The molecule has 2 heterocycles. The van der Waals surface area contributed by atoms with Crippen molar-refractivity contribution in [2.45, 2.75) is 44.4 Å². The lowest BCUT2D eigenvalue weighted by Gasteiger charge is -2.35. The Morgan fingerprint density at radius 2 is 1.56 bits per heavy atom. The summed E-state index contributed by atoms with van der Waals surface area (Å²) >= 11 is 0. The monoisotopic (exact) mass is 464 g/mol. The number of carbonyl (C=O) groups excluding carboxylic acids is 2. The van der Waals surface area contributed by atoms with Crippen molar-refractivity contribution >= 4 is 22.0 Å². The number of nitrogens with zero attached hydrogens (tertiary/aromatic N) is 3. The van der Waals surface area contributed by atoms with E-state index in [0.29, 0.717) is 63.6 Å². The van der Waals surface area contributed by atoms with E-state index in [0.717, 1.165) is 12.8 Å². The standard InChI is InChI=1S/C23H36N4O4S/c1-3-25(4-2)23(29)26-14-12-20(13-15-26)22(28)24-18-19-10-16-27(17-11-19)32(30,31)21-8-6-5-7-9-21/h5-9,19-20H,3-4,10-18H2,1-2H3,(H,24,28). The SMILES string of the molecule is CCN(CC)C(=O)N1CCC(C(=O)NCC2CCN(S(=O)(=O)c3ccccc3)CC2)CC1. The Kier molecular flexibility index (Phi) is 8.53. The van der Waals surface area contributed by atoms with E-state index < -0.39 is 10.0 Å². The van der Waals surface area contributed by atoms with Crippen LogP contribution in [0, 0.1) is 11.8 Å². The van der Waals surface area contributed by atoms with Gasteiger partial charge in [0.15, 0.2) is 0 Å². The zero-order chi connectivity index (χ0) is 23.1.